The van der Waals surface area contributed by atoms with E-state index in [0.717, 1.165) is 7.05 Å². The van der Waals surface area contributed by atoms with E-state index < -0.39 is 17.3 Å². The van der Waals surface area contributed by atoms with Crippen LogP contribution in [-0.4, -0.2) is 26.1 Å². The van der Waals surface area contributed by atoms with Gasteiger partial charge in [0.2, 0.25) is 0 Å². The second-order valence-corrected chi connectivity index (χ2v) is 2.08. The Hall–Kier alpha value is -0.620. The van der Waals surface area contributed by atoms with Crippen LogP contribution in [0.5, 0.6) is 0 Å². The molecule has 0 aromatic rings. The summed E-state index contributed by atoms with van der Waals surface area (Å²) >= 11 is -2.28. The van der Waals surface area contributed by atoms with Crippen molar-refractivity contribution < 1.29 is 13.6 Å². The molecule has 8 heavy (non-hydrogen) atoms. The molecule has 1 atom stereocenters. The Balaban J connectivity index is 3.83. The van der Waals surface area contributed by atoms with Crippen molar-refractivity contribution in [3.63, 3.8) is 0 Å². The van der Waals surface area contributed by atoms with Gasteiger partial charge in [-0.1, -0.05) is 0 Å². The number of nitrogens with zero attached hydrogens (tertiary/aromatic N) is 1. The van der Waals surface area contributed by atoms with E-state index in [-0.39, 0.29) is 0 Å². The van der Waals surface area contributed by atoms with Crippen LogP contribution < -0.4 is 5.73 Å². The van der Waals surface area contributed by atoms with Gasteiger partial charge < -0.3 is 5.73 Å². The van der Waals surface area contributed by atoms with Crippen molar-refractivity contribution in [1.29, 1.82) is 0 Å². The highest BCUT2D eigenvalue weighted by Crippen LogP contribution is 1.82. The van der Waals surface area contributed by atoms with Gasteiger partial charge >= 0.3 is 6.03 Å². The number of carbonyl (C=O) groups excluding carboxylic acids is 1. The maximum atomic E-state index is 9.94. The highest BCUT2D eigenvalue weighted by Gasteiger charge is 2.06. The number of amides is 2. The van der Waals surface area contributed by atoms with Crippen LogP contribution >= 0.6 is 0 Å². The highest BCUT2D eigenvalue weighted by atomic mass is 32.2. The summed E-state index contributed by atoms with van der Waals surface area (Å²) in [5.74, 6) is 0. The van der Waals surface area contributed by atoms with Gasteiger partial charge in [-0.2, -0.15) is 0 Å². The summed E-state index contributed by atoms with van der Waals surface area (Å²) in [6.07, 6.45) is 0. The zero-order chi connectivity index (χ0) is 6.73. The Morgan fingerprint density at radius 1 is 1.88 bits per heavy atom. The van der Waals surface area contributed by atoms with E-state index in [9.17, 15) is 9.00 Å². The first kappa shape index (κ1) is 7.38. The number of carbonyl (C=O) groups is 1. The second kappa shape index (κ2) is 2.63. The first-order valence-corrected chi connectivity index (χ1v) is 2.76. The van der Waals surface area contributed by atoms with Crippen LogP contribution in [0, 0.1) is 0 Å². The Kier molecular flexibility index (Phi) is 2.43. The topological polar surface area (TPSA) is 83.6 Å². The fourth-order valence-electron chi connectivity index (χ4n) is 0.0770. The van der Waals surface area contributed by atoms with Crippen LogP contribution in [0.1, 0.15) is 0 Å². The van der Waals surface area contributed by atoms with Crippen molar-refractivity contribution in [1.82, 2.24) is 4.31 Å². The summed E-state index contributed by atoms with van der Waals surface area (Å²) in [4.78, 5) is 9.94. The molecule has 0 bridgehead atoms. The van der Waals surface area contributed by atoms with Crippen LogP contribution in [0.3, 0.4) is 0 Å². The number of nitrogens with two attached hydrogens (primary N) is 1. The first-order valence-electron chi connectivity index (χ1n) is 1.70. The van der Waals surface area contributed by atoms with Crippen LogP contribution in [0.25, 0.3) is 0 Å². The largest absolute Gasteiger partial charge is 0.351 e. The molecule has 0 aromatic carbocycles. The van der Waals surface area contributed by atoms with Crippen molar-refractivity contribution >= 4 is 17.3 Å². The summed E-state index contributed by atoms with van der Waals surface area (Å²) in [5.41, 5.74) is 4.57. The predicted octanol–water partition coefficient (Wildman–Crippen LogP) is -0.866. The zero-order valence-electron chi connectivity index (χ0n) is 4.20. The predicted molar refractivity (Wildman–Crippen MR) is 28.1 cm³/mol. The van der Waals surface area contributed by atoms with Gasteiger partial charge in [0.1, 0.15) is 0 Å². The van der Waals surface area contributed by atoms with Gasteiger partial charge in [0.25, 0.3) is 11.3 Å². The fourth-order valence-corrected chi connectivity index (χ4v) is 0.231. The molecule has 5 nitrogen and oxygen atoms in total. The van der Waals surface area contributed by atoms with Gasteiger partial charge in [-0.05, 0) is 0 Å². The van der Waals surface area contributed by atoms with Crippen molar-refractivity contribution in [2.45, 2.75) is 0 Å². The third-order valence-corrected chi connectivity index (χ3v) is 1.19. The van der Waals surface area contributed by atoms with Crippen molar-refractivity contribution in [3.05, 3.63) is 0 Å². The van der Waals surface area contributed by atoms with Crippen LogP contribution in [0.4, 0.5) is 4.79 Å². The minimum absolute atomic E-state index is 0.500. The third kappa shape index (κ3) is 1.90. The standard InChI is InChI=1S/C2H6N2O3S/c1-4(2(3)5)8(6)7/h1H3,(H2,3,5)(H,6,7). The van der Waals surface area contributed by atoms with E-state index in [1.165, 1.54) is 0 Å². The lowest BCUT2D eigenvalue weighted by atomic mass is 11.0. The Morgan fingerprint density at radius 3 is 2.25 bits per heavy atom. The normalized spacial score (nSPS) is 12.8. The lowest BCUT2D eigenvalue weighted by molar-refractivity contribution is 0.236. The summed E-state index contributed by atoms with van der Waals surface area (Å²) in [6, 6.07) is -0.925. The Morgan fingerprint density at radius 2 is 2.25 bits per heavy atom. The number of rotatable bonds is 1. The molecule has 0 aliphatic heterocycles. The molecule has 0 spiro atoms. The van der Waals surface area contributed by atoms with E-state index >= 15 is 0 Å². The van der Waals surface area contributed by atoms with Gasteiger partial charge in [-0.25, -0.2) is 13.3 Å². The van der Waals surface area contributed by atoms with E-state index in [1.54, 1.807) is 0 Å². The number of hydrogen-bond acceptors (Lipinski definition) is 2. The molecular weight excluding hydrogens is 132 g/mol. The molecule has 3 N–H and O–H groups in total. The first-order chi connectivity index (χ1) is 3.55. The summed E-state index contributed by atoms with van der Waals surface area (Å²) < 4.78 is 18.5. The second-order valence-electron chi connectivity index (χ2n) is 1.07. The molecule has 0 radical (unpaired) electrons. The maximum Gasteiger partial charge on any atom is 0.328 e. The monoisotopic (exact) mass is 138 g/mol. The fraction of sp³-hybridized carbons (Fsp3) is 0.500. The SMILES string of the molecule is CN(C(N)=O)S(=O)O. The number of primary amides is 1. The minimum atomic E-state index is -2.28. The van der Waals surface area contributed by atoms with Gasteiger partial charge in [0.05, 0.1) is 0 Å². The number of hydrogen-bond donors (Lipinski definition) is 2. The third-order valence-electron chi connectivity index (χ3n) is 0.545. The summed E-state index contributed by atoms with van der Waals surface area (Å²) in [7, 11) is 1.12. The van der Waals surface area contributed by atoms with E-state index in [1.807, 2.05) is 0 Å². The van der Waals surface area contributed by atoms with Crippen molar-refractivity contribution in [2.24, 2.45) is 5.73 Å². The zero-order valence-corrected chi connectivity index (χ0v) is 5.01. The lowest BCUT2D eigenvalue weighted by Gasteiger charge is -2.05. The molecule has 48 valence electrons. The van der Waals surface area contributed by atoms with Crippen molar-refractivity contribution in [3.8, 4) is 0 Å². The molecule has 2 amide bonds. The van der Waals surface area contributed by atoms with Gasteiger partial charge in [-0.15, -0.1) is 0 Å². The highest BCUT2D eigenvalue weighted by molar-refractivity contribution is 7.77. The molecule has 0 fully saturated rings. The number of urea groups is 1. The molecule has 0 aliphatic rings. The van der Waals surface area contributed by atoms with E-state index in [4.69, 9.17) is 4.55 Å². The summed E-state index contributed by atoms with van der Waals surface area (Å²) in [5, 5.41) is 0. The van der Waals surface area contributed by atoms with Gasteiger partial charge in [0, 0.05) is 7.05 Å². The van der Waals surface area contributed by atoms with Gasteiger partial charge in [-0.3, -0.25) is 4.55 Å². The maximum absolute atomic E-state index is 9.94. The van der Waals surface area contributed by atoms with E-state index in [0.29, 0.717) is 4.31 Å². The Bertz CT molecular complexity index is 110. The average Bonchev–Trinajstić information content (AvgIpc) is 1.64. The van der Waals surface area contributed by atoms with E-state index in [2.05, 4.69) is 5.73 Å². The molecule has 0 aliphatic carbocycles. The molecule has 1 unspecified atom stereocenters. The molecule has 0 aromatic heterocycles. The van der Waals surface area contributed by atoms with Crippen molar-refractivity contribution in [2.75, 3.05) is 7.05 Å². The molecule has 0 saturated heterocycles. The smallest absolute Gasteiger partial charge is 0.328 e. The quantitative estimate of drug-likeness (QED) is 0.462. The molecule has 0 rings (SSSR count). The molecule has 0 heterocycles. The molecule has 0 saturated carbocycles. The molecule has 6 heteroatoms. The van der Waals surface area contributed by atoms with Gasteiger partial charge in [0.15, 0.2) is 0 Å². The minimum Gasteiger partial charge on any atom is -0.351 e. The van der Waals surface area contributed by atoms with Crippen LogP contribution in [-0.2, 0) is 11.3 Å². The lowest BCUT2D eigenvalue weighted by Crippen LogP contribution is -2.33. The van der Waals surface area contributed by atoms with Crippen LogP contribution in [0.2, 0.25) is 0 Å². The Labute approximate surface area is 48.9 Å². The summed E-state index contributed by atoms with van der Waals surface area (Å²) in [6.45, 7) is 0. The molecular formula is C2H6N2O3S. The average molecular weight is 138 g/mol. The van der Waals surface area contributed by atoms with Crippen LogP contribution in [0.15, 0.2) is 0 Å².